The van der Waals surface area contributed by atoms with Crippen molar-refractivity contribution >= 4 is 11.7 Å². The Labute approximate surface area is 122 Å². The zero-order chi connectivity index (χ0) is 15.4. The molecule has 0 aliphatic heterocycles. The van der Waals surface area contributed by atoms with Crippen molar-refractivity contribution in [2.45, 2.75) is 19.9 Å². The summed E-state index contributed by atoms with van der Waals surface area (Å²) in [6, 6.07) is 9.09. The number of hydrogen-bond acceptors (Lipinski definition) is 4. The zero-order valence-corrected chi connectivity index (χ0v) is 11.9. The molecule has 110 valence electrons. The van der Waals surface area contributed by atoms with Gasteiger partial charge in [0.1, 0.15) is 11.6 Å². The van der Waals surface area contributed by atoms with E-state index in [1.54, 1.807) is 38.1 Å². The molecule has 0 radical (unpaired) electrons. The van der Waals surface area contributed by atoms with Crippen LogP contribution in [-0.4, -0.2) is 10.9 Å². The molecule has 21 heavy (non-hydrogen) atoms. The van der Waals surface area contributed by atoms with Gasteiger partial charge in [-0.2, -0.15) is 0 Å². The summed E-state index contributed by atoms with van der Waals surface area (Å²) >= 11 is 0. The molecule has 0 spiro atoms. The Morgan fingerprint density at radius 3 is 2.71 bits per heavy atom. The quantitative estimate of drug-likeness (QED) is 0.596. The van der Waals surface area contributed by atoms with Crippen LogP contribution in [0, 0.1) is 12.7 Å². The molecular weight excluding hydrogens is 271 g/mol. The third kappa shape index (κ3) is 3.55. The van der Waals surface area contributed by atoms with Crippen molar-refractivity contribution in [2.24, 2.45) is 5.84 Å². The number of nitrogens with one attached hydrogen (secondary N) is 2. The third-order valence-corrected chi connectivity index (χ3v) is 3.08. The van der Waals surface area contributed by atoms with Crippen LogP contribution in [-0.2, 0) is 0 Å². The molecule has 1 aromatic carbocycles. The maximum Gasteiger partial charge on any atom is 0.251 e. The van der Waals surface area contributed by atoms with Crippen LogP contribution in [0.3, 0.4) is 0 Å². The second kappa shape index (κ2) is 6.32. The van der Waals surface area contributed by atoms with E-state index >= 15 is 0 Å². The van der Waals surface area contributed by atoms with E-state index in [-0.39, 0.29) is 11.7 Å². The van der Waals surface area contributed by atoms with Gasteiger partial charge in [0.15, 0.2) is 0 Å². The van der Waals surface area contributed by atoms with Crippen LogP contribution in [0.4, 0.5) is 10.2 Å². The molecule has 5 nitrogen and oxygen atoms in total. The van der Waals surface area contributed by atoms with Gasteiger partial charge in [-0.1, -0.05) is 18.2 Å². The Morgan fingerprint density at radius 2 is 2.05 bits per heavy atom. The fourth-order valence-electron chi connectivity index (χ4n) is 2.06. The number of pyridine rings is 1. The molecular formula is C15H17FN4O. The molecule has 0 saturated carbocycles. The van der Waals surface area contributed by atoms with Gasteiger partial charge < -0.3 is 10.7 Å². The summed E-state index contributed by atoms with van der Waals surface area (Å²) < 4.78 is 13.7. The molecule has 0 fully saturated rings. The second-order valence-corrected chi connectivity index (χ2v) is 4.74. The van der Waals surface area contributed by atoms with Crippen molar-refractivity contribution in [2.75, 3.05) is 5.43 Å². The maximum absolute atomic E-state index is 13.7. The van der Waals surface area contributed by atoms with E-state index in [4.69, 9.17) is 5.84 Å². The summed E-state index contributed by atoms with van der Waals surface area (Å²) in [6.45, 7) is 3.49. The van der Waals surface area contributed by atoms with E-state index in [0.717, 1.165) is 0 Å². The number of hydrogen-bond donors (Lipinski definition) is 3. The second-order valence-electron chi connectivity index (χ2n) is 4.74. The molecule has 0 aliphatic carbocycles. The van der Waals surface area contributed by atoms with E-state index in [1.165, 1.54) is 12.1 Å². The summed E-state index contributed by atoms with van der Waals surface area (Å²) in [5.74, 6) is 5.05. The number of rotatable bonds is 4. The van der Waals surface area contributed by atoms with Gasteiger partial charge >= 0.3 is 0 Å². The van der Waals surface area contributed by atoms with Gasteiger partial charge in [0, 0.05) is 16.8 Å². The van der Waals surface area contributed by atoms with Crippen molar-refractivity contribution in [3.8, 4) is 0 Å². The van der Waals surface area contributed by atoms with Gasteiger partial charge in [-0.3, -0.25) is 4.79 Å². The largest absolute Gasteiger partial charge is 0.345 e. The molecule has 4 N–H and O–H groups in total. The SMILES string of the molecule is Cc1cc(C(=O)NC(C)c2ccccc2F)cc(NN)n1. The molecule has 1 atom stereocenters. The minimum atomic E-state index is -0.443. The maximum atomic E-state index is 13.7. The first kappa shape index (κ1) is 14.9. The third-order valence-electron chi connectivity index (χ3n) is 3.08. The molecule has 1 unspecified atom stereocenters. The number of benzene rings is 1. The van der Waals surface area contributed by atoms with E-state index in [2.05, 4.69) is 15.7 Å². The van der Waals surface area contributed by atoms with E-state index in [9.17, 15) is 9.18 Å². The molecule has 2 rings (SSSR count). The average molecular weight is 288 g/mol. The molecule has 0 saturated heterocycles. The molecule has 0 bridgehead atoms. The Kier molecular flexibility index (Phi) is 4.49. The first-order valence-electron chi connectivity index (χ1n) is 6.52. The van der Waals surface area contributed by atoms with E-state index in [1.807, 2.05) is 0 Å². The van der Waals surface area contributed by atoms with Gasteiger partial charge in [0.25, 0.3) is 5.91 Å². The normalized spacial score (nSPS) is 11.8. The Balaban J connectivity index is 2.18. The first-order chi connectivity index (χ1) is 10.0. The predicted molar refractivity (Wildman–Crippen MR) is 79.1 cm³/mol. The van der Waals surface area contributed by atoms with Crippen molar-refractivity contribution in [1.29, 1.82) is 0 Å². The van der Waals surface area contributed by atoms with Crippen LogP contribution in [0.15, 0.2) is 36.4 Å². The highest BCUT2D eigenvalue weighted by molar-refractivity contribution is 5.95. The molecule has 1 aromatic heterocycles. The van der Waals surface area contributed by atoms with E-state index in [0.29, 0.717) is 22.6 Å². The van der Waals surface area contributed by atoms with Crippen LogP contribution in [0.25, 0.3) is 0 Å². The van der Waals surface area contributed by atoms with Crippen LogP contribution in [0.5, 0.6) is 0 Å². The number of amides is 1. The number of halogens is 1. The lowest BCUT2D eigenvalue weighted by Gasteiger charge is -2.15. The lowest BCUT2D eigenvalue weighted by atomic mass is 10.1. The standard InChI is InChI=1S/C15H17FN4O/c1-9-7-11(8-14(18-9)20-17)15(21)19-10(2)12-5-3-4-6-13(12)16/h3-8,10H,17H2,1-2H3,(H,18,20)(H,19,21). The van der Waals surface area contributed by atoms with Crippen molar-refractivity contribution in [3.05, 3.63) is 59.0 Å². The molecule has 0 aliphatic rings. The van der Waals surface area contributed by atoms with Gasteiger partial charge in [-0.05, 0) is 32.0 Å². The summed E-state index contributed by atoms with van der Waals surface area (Å²) in [7, 11) is 0. The minimum absolute atomic E-state index is 0.312. The minimum Gasteiger partial charge on any atom is -0.345 e. The lowest BCUT2D eigenvalue weighted by Crippen LogP contribution is -2.27. The van der Waals surface area contributed by atoms with Crippen molar-refractivity contribution in [1.82, 2.24) is 10.3 Å². The molecule has 1 amide bonds. The smallest absolute Gasteiger partial charge is 0.251 e. The van der Waals surface area contributed by atoms with Crippen molar-refractivity contribution < 1.29 is 9.18 Å². The van der Waals surface area contributed by atoms with Crippen LogP contribution >= 0.6 is 0 Å². The van der Waals surface area contributed by atoms with Gasteiger partial charge in [0.2, 0.25) is 0 Å². The number of nitrogens with zero attached hydrogens (tertiary/aromatic N) is 1. The van der Waals surface area contributed by atoms with Gasteiger partial charge in [0.05, 0.1) is 6.04 Å². The first-order valence-corrected chi connectivity index (χ1v) is 6.52. The number of nitrogen functional groups attached to an aromatic ring is 1. The monoisotopic (exact) mass is 288 g/mol. The summed E-state index contributed by atoms with van der Waals surface area (Å²) in [6.07, 6.45) is 0. The number of hydrazine groups is 1. The lowest BCUT2D eigenvalue weighted by molar-refractivity contribution is 0.0939. The highest BCUT2D eigenvalue weighted by atomic mass is 19.1. The van der Waals surface area contributed by atoms with Crippen LogP contribution in [0.2, 0.25) is 0 Å². The number of nitrogens with two attached hydrogens (primary N) is 1. The molecule has 2 aromatic rings. The highest BCUT2D eigenvalue weighted by Gasteiger charge is 2.15. The van der Waals surface area contributed by atoms with Crippen molar-refractivity contribution in [3.63, 3.8) is 0 Å². The number of aromatic nitrogens is 1. The summed E-state index contributed by atoms with van der Waals surface area (Å²) in [4.78, 5) is 16.3. The summed E-state index contributed by atoms with van der Waals surface area (Å²) in [5.41, 5.74) is 3.92. The zero-order valence-electron chi connectivity index (χ0n) is 11.9. The summed E-state index contributed by atoms with van der Waals surface area (Å²) in [5, 5.41) is 2.76. The predicted octanol–water partition coefficient (Wildman–Crippen LogP) is 2.31. The Hall–Kier alpha value is -2.47. The van der Waals surface area contributed by atoms with Crippen LogP contribution < -0.4 is 16.6 Å². The number of aryl methyl sites for hydroxylation is 1. The number of anilines is 1. The molecule has 1 heterocycles. The van der Waals surface area contributed by atoms with Gasteiger partial charge in [-0.15, -0.1) is 0 Å². The van der Waals surface area contributed by atoms with Gasteiger partial charge in [-0.25, -0.2) is 15.2 Å². The Morgan fingerprint density at radius 1 is 1.33 bits per heavy atom. The van der Waals surface area contributed by atoms with E-state index < -0.39 is 6.04 Å². The fraction of sp³-hybridized carbons (Fsp3) is 0.200. The number of carbonyl (C=O) groups excluding carboxylic acids is 1. The molecule has 6 heteroatoms. The fourth-order valence-corrected chi connectivity index (χ4v) is 2.06. The number of carbonyl (C=O) groups is 1. The topological polar surface area (TPSA) is 80.0 Å². The Bertz CT molecular complexity index is 660. The van der Waals surface area contributed by atoms with Crippen LogP contribution in [0.1, 0.15) is 34.6 Å². The average Bonchev–Trinajstić information content (AvgIpc) is 2.46. The highest BCUT2D eigenvalue weighted by Crippen LogP contribution is 2.17.